The Balaban J connectivity index is 0.00000312. The first-order chi connectivity index (χ1) is 20.6. The van der Waals surface area contributed by atoms with E-state index in [0.717, 1.165) is 44.5 Å². The zero-order valence-electron chi connectivity index (χ0n) is 25.9. The van der Waals surface area contributed by atoms with Gasteiger partial charge >= 0.3 is 0 Å². The van der Waals surface area contributed by atoms with Gasteiger partial charge < -0.3 is 18.3 Å². The fraction of sp³-hybridized carbons (Fsp3) is 0.211. The van der Waals surface area contributed by atoms with E-state index in [1.807, 2.05) is 30.5 Å². The van der Waals surface area contributed by atoms with Gasteiger partial charge in [-0.25, -0.2) is 4.98 Å². The van der Waals surface area contributed by atoms with E-state index in [-0.39, 0.29) is 26.5 Å². The van der Waals surface area contributed by atoms with E-state index in [1.165, 1.54) is 28.1 Å². The number of nitrogens with zero attached hydrogens (tertiary/aromatic N) is 4. The first-order valence-electron chi connectivity index (χ1n) is 14.9. The van der Waals surface area contributed by atoms with Crippen molar-refractivity contribution in [2.45, 2.75) is 40.0 Å². The number of fused-ring (bicyclic) bond motifs is 3. The number of para-hydroxylation sites is 1. The zero-order chi connectivity index (χ0) is 29.7. The summed E-state index contributed by atoms with van der Waals surface area (Å²) in [5, 5.41) is 2.28. The third-order valence-electron chi connectivity index (χ3n) is 9.32. The molecule has 0 spiro atoms. The van der Waals surface area contributed by atoms with Gasteiger partial charge in [-0.2, -0.15) is 6.07 Å². The second-order valence-electron chi connectivity index (χ2n) is 13.4. The molecule has 9 rings (SSSR count). The van der Waals surface area contributed by atoms with Gasteiger partial charge in [-0.05, 0) is 54.0 Å². The molecule has 1 saturated heterocycles. The van der Waals surface area contributed by atoms with Crippen molar-refractivity contribution >= 4 is 38.9 Å². The third-order valence-corrected chi connectivity index (χ3v) is 9.32. The molecule has 1 fully saturated rings. The second kappa shape index (κ2) is 9.87. The Morgan fingerprint density at radius 2 is 1.57 bits per heavy atom. The molecule has 0 radical (unpaired) electrons. The molecule has 0 amide bonds. The Hall–Kier alpha value is -3.76. The monoisotopic (exact) mass is 758 g/mol. The molecule has 2 atom stereocenters. The van der Waals surface area contributed by atoms with Crippen LogP contribution in [-0.4, -0.2) is 23.3 Å². The fourth-order valence-corrected chi connectivity index (χ4v) is 6.94. The number of benzene rings is 4. The summed E-state index contributed by atoms with van der Waals surface area (Å²) >= 11 is 0. The zero-order valence-corrected chi connectivity index (χ0v) is 28.2. The summed E-state index contributed by atoms with van der Waals surface area (Å²) in [6, 6.07) is 35.1. The molecule has 3 aliphatic rings. The molecule has 2 bridgehead atoms. The van der Waals surface area contributed by atoms with Crippen LogP contribution in [0.25, 0.3) is 27.6 Å². The van der Waals surface area contributed by atoms with Crippen molar-refractivity contribution in [3.05, 3.63) is 121 Å². The quantitative estimate of drug-likeness (QED) is 0.133. The SMILES string of the molecule is Cc1cc2c(cc1C)[N@@+]1(C)[CH-][N@+]2(c2[c-]c(Oc3[c-]c4c(cc3)c3ccccc3n4-c3ccccn3)cc(C(C)(C)C)c2)C1.[Pt]. The Morgan fingerprint density at radius 3 is 2.30 bits per heavy atom. The van der Waals surface area contributed by atoms with Crippen molar-refractivity contribution in [2.75, 3.05) is 13.7 Å². The topological polar surface area (TPSA) is 27.1 Å². The third kappa shape index (κ3) is 4.21. The summed E-state index contributed by atoms with van der Waals surface area (Å²) in [6.45, 7) is 14.6. The molecule has 0 unspecified atom stereocenters. The van der Waals surface area contributed by atoms with Crippen LogP contribution in [0.15, 0.2) is 85.1 Å². The van der Waals surface area contributed by atoms with Crippen LogP contribution in [0.3, 0.4) is 0 Å². The first kappa shape index (κ1) is 29.0. The minimum Gasteiger partial charge on any atom is -0.509 e. The summed E-state index contributed by atoms with van der Waals surface area (Å²) in [5.41, 5.74) is 9.68. The number of rotatable bonds is 4. The van der Waals surface area contributed by atoms with Crippen molar-refractivity contribution in [3.63, 3.8) is 0 Å². The van der Waals surface area contributed by atoms with E-state index < -0.39 is 0 Å². The van der Waals surface area contributed by atoms with E-state index in [4.69, 9.17) is 4.74 Å². The Bertz CT molecular complexity index is 2080. The molecule has 44 heavy (non-hydrogen) atoms. The second-order valence-corrected chi connectivity index (χ2v) is 13.4. The number of ether oxygens (including phenoxy) is 1. The average molecular weight is 759 g/mol. The van der Waals surface area contributed by atoms with E-state index in [1.54, 1.807) is 0 Å². The van der Waals surface area contributed by atoms with Gasteiger partial charge in [0.05, 0.1) is 13.7 Å². The average Bonchev–Trinajstić information content (AvgIpc) is 3.51. The summed E-state index contributed by atoms with van der Waals surface area (Å²) in [5.74, 6) is 2.22. The normalized spacial score (nSPS) is 20.3. The minimum absolute atomic E-state index is 0. The molecule has 0 saturated carbocycles. The van der Waals surface area contributed by atoms with Gasteiger partial charge in [0.2, 0.25) is 0 Å². The summed E-state index contributed by atoms with van der Waals surface area (Å²) in [7, 11) is 2.30. The number of pyridine rings is 1. The molecule has 5 nitrogen and oxygen atoms in total. The molecule has 5 heterocycles. The van der Waals surface area contributed by atoms with Crippen LogP contribution < -0.4 is 13.7 Å². The van der Waals surface area contributed by atoms with Crippen molar-refractivity contribution in [1.29, 1.82) is 0 Å². The molecule has 6 heteroatoms. The van der Waals surface area contributed by atoms with E-state index >= 15 is 0 Å². The van der Waals surface area contributed by atoms with Gasteiger partial charge in [0, 0.05) is 62.1 Å². The Kier molecular flexibility index (Phi) is 6.50. The molecular weight excluding hydrogens is 724 g/mol. The maximum absolute atomic E-state index is 6.65. The number of hydrogen-bond acceptors (Lipinski definition) is 2. The van der Waals surface area contributed by atoms with Crippen LogP contribution in [0.2, 0.25) is 0 Å². The Morgan fingerprint density at radius 1 is 0.841 bits per heavy atom. The van der Waals surface area contributed by atoms with Gasteiger partial charge in [-0.15, -0.1) is 35.2 Å². The molecule has 6 aromatic rings. The molecule has 224 valence electrons. The first-order valence-corrected chi connectivity index (χ1v) is 14.9. The van der Waals surface area contributed by atoms with Crippen molar-refractivity contribution in [2.24, 2.45) is 0 Å². The van der Waals surface area contributed by atoms with E-state index in [0.29, 0.717) is 16.0 Å². The summed E-state index contributed by atoms with van der Waals surface area (Å²) in [6.07, 6.45) is 1.83. The van der Waals surface area contributed by atoms with Crippen LogP contribution in [-0.2, 0) is 26.5 Å². The number of aryl methyl sites for hydroxylation is 2. The molecule has 0 N–H and O–H groups in total. The maximum atomic E-state index is 6.65. The van der Waals surface area contributed by atoms with Gasteiger partial charge in [0.15, 0.2) is 18.0 Å². The van der Waals surface area contributed by atoms with Crippen LogP contribution in [0, 0.1) is 32.6 Å². The summed E-state index contributed by atoms with van der Waals surface area (Å²) in [4.78, 5) is 4.67. The number of hydrogen-bond donors (Lipinski definition) is 0. The molecular formula is C38H35N4OPt-. The number of quaternary nitrogens is 2. The predicted molar refractivity (Wildman–Crippen MR) is 176 cm³/mol. The Labute approximate surface area is 273 Å². The van der Waals surface area contributed by atoms with Gasteiger partial charge in [-0.3, -0.25) is 0 Å². The van der Waals surface area contributed by atoms with Crippen molar-refractivity contribution < 1.29 is 25.8 Å². The summed E-state index contributed by atoms with van der Waals surface area (Å²) < 4.78 is 10.3. The van der Waals surface area contributed by atoms with E-state index in [9.17, 15) is 0 Å². The smallest absolute Gasteiger partial charge is 0.179 e. The standard InChI is InChI=1S/C38H35N4O.Pt/c1-25-17-35-36(18-26(25)2)42(23-41(35,6)24-42)28-19-27(38(3,4)5)20-30(21-28)43-29-14-15-32-31-11-7-8-12-33(31)40(34(32)22-29)37-13-9-10-16-39-37;/h7-20,23H,24H2,1-6H3;/q-1;/t41-,42+;/m0./s1. The molecule has 4 aromatic carbocycles. The fourth-order valence-electron chi connectivity index (χ4n) is 6.94. The van der Waals surface area contributed by atoms with Crippen LogP contribution in [0.4, 0.5) is 17.1 Å². The van der Waals surface area contributed by atoms with Gasteiger partial charge in [0.25, 0.3) is 0 Å². The van der Waals surface area contributed by atoms with E-state index in [2.05, 4.69) is 125 Å². The predicted octanol–water partition coefficient (Wildman–Crippen LogP) is 9.16. The maximum Gasteiger partial charge on any atom is 0.179 e. The minimum atomic E-state index is -0.0614. The van der Waals surface area contributed by atoms with Crippen LogP contribution in [0.1, 0.15) is 37.5 Å². The molecule has 0 aliphatic carbocycles. The van der Waals surface area contributed by atoms with Gasteiger partial charge in [-0.1, -0.05) is 56.6 Å². The largest absolute Gasteiger partial charge is 0.509 e. The number of aromatic nitrogens is 2. The van der Waals surface area contributed by atoms with Crippen LogP contribution in [0.5, 0.6) is 11.5 Å². The molecule has 2 aromatic heterocycles. The van der Waals surface area contributed by atoms with Gasteiger partial charge in [0.1, 0.15) is 5.82 Å². The molecule has 3 aliphatic heterocycles. The van der Waals surface area contributed by atoms with Crippen molar-refractivity contribution in [3.8, 4) is 17.3 Å². The van der Waals surface area contributed by atoms with Crippen LogP contribution >= 0.6 is 0 Å². The van der Waals surface area contributed by atoms with Crippen molar-refractivity contribution in [1.82, 2.24) is 18.5 Å².